The summed E-state index contributed by atoms with van der Waals surface area (Å²) in [6.45, 7) is 3.24. The van der Waals surface area contributed by atoms with Gasteiger partial charge < -0.3 is 24.8 Å². The molecule has 0 aliphatic rings. The molecule has 0 heterocycles. The van der Waals surface area contributed by atoms with Crippen molar-refractivity contribution >= 4 is 29.4 Å². The molecule has 0 aromatic heterocycles. The average molecular weight is 555 g/mol. The van der Waals surface area contributed by atoms with Crippen LogP contribution in [0.4, 0.5) is 14.9 Å². The van der Waals surface area contributed by atoms with Crippen LogP contribution in [0.1, 0.15) is 25.3 Å². The molecular formula is C30H35FN2O5S. The van der Waals surface area contributed by atoms with E-state index in [1.165, 1.54) is 17.0 Å². The minimum absolute atomic E-state index is 0.264. The van der Waals surface area contributed by atoms with E-state index in [0.29, 0.717) is 31.1 Å². The second kappa shape index (κ2) is 16.4. The van der Waals surface area contributed by atoms with E-state index in [4.69, 9.17) is 9.47 Å². The lowest BCUT2D eigenvalue weighted by Gasteiger charge is -2.23. The molecule has 208 valence electrons. The van der Waals surface area contributed by atoms with Gasteiger partial charge in [0.15, 0.2) is 6.10 Å². The van der Waals surface area contributed by atoms with Gasteiger partial charge in [-0.05, 0) is 73.5 Å². The van der Waals surface area contributed by atoms with E-state index in [0.717, 1.165) is 24.2 Å². The summed E-state index contributed by atoms with van der Waals surface area (Å²) in [5, 5.41) is 12.0. The first-order valence-electron chi connectivity index (χ1n) is 13.0. The lowest BCUT2D eigenvalue weighted by atomic mass is 10.1. The largest absolute Gasteiger partial charge is 0.492 e. The number of carbonyl (C=O) groups excluding carboxylic acids is 1. The zero-order valence-corrected chi connectivity index (χ0v) is 22.9. The normalized spacial score (nSPS) is 11.5. The highest BCUT2D eigenvalue weighted by Crippen LogP contribution is 2.19. The molecule has 0 saturated carbocycles. The number of amides is 2. The fourth-order valence-electron chi connectivity index (χ4n) is 3.82. The second-order valence-corrected chi connectivity index (χ2v) is 9.94. The molecule has 9 heteroatoms. The van der Waals surface area contributed by atoms with Gasteiger partial charge in [-0.2, -0.15) is 0 Å². The molecule has 0 saturated heterocycles. The van der Waals surface area contributed by atoms with Crippen LogP contribution in [0.3, 0.4) is 0 Å². The van der Waals surface area contributed by atoms with Crippen LogP contribution in [0, 0.1) is 5.82 Å². The number of nitrogens with one attached hydrogen (secondary N) is 1. The summed E-state index contributed by atoms with van der Waals surface area (Å²) in [6.07, 6.45) is 1.12. The van der Waals surface area contributed by atoms with E-state index in [9.17, 15) is 19.1 Å². The number of carbonyl (C=O) groups is 2. The summed E-state index contributed by atoms with van der Waals surface area (Å²) in [5.74, 6) is 0.150. The molecule has 0 radical (unpaired) electrons. The molecule has 2 amide bonds. The molecule has 0 aliphatic carbocycles. The number of benzene rings is 3. The molecule has 3 aromatic carbocycles. The fourth-order valence-corrected chi connectivity index (χ4v) is 4.76. The van der Waals surface area contributed by atoms with Gasteiger partial charge in [0, 0.05) is 30.2 Å². The van der Waals surface area contributed by atoms with Crippen LogP contribution in [0.25, 0.3) is 0 Å². The van der Waals surface area contributed by atoms with Crippen molar-refractivity contribution in [1.29, 1.82) is 0 Å². The predicted octanol–water partition coefficient (Wildman–Crippen LogP) is 6.34. The third-order valence-corrected chi connectivity index (χ3v) is 6.91. The quantitative estimate of drug-likeness (QED) is 0.159. The molecule has 0 fully saturated rings. The van der Waals surface area contributed by atoms with E-state index >= 15 is 0 Å². The monoisotopic (exact) mass is 554 g/mol. The van der Waals surface area contributed by atoms with Crippen LogP contribution < -0.4 is 10.1 Å². The number of hydrogen-bond donors (Lipinski definition) is 2. The maximum atomic E-state index is 13.6. The van der Waals surface area contributed by atoms with Gasteiger partial charge in [0.2, 0.25) is 0 Å². The Balaban J connectivity index is 1.51. The van der Waals surface area contributed by atoms with Crippen LogP contribution in [-0.4, -0.2) is 60.2 Å². The minimum atomic E-state index is -0.993. The number of carboxylic acid groups (broad SMARTS) is 1. The highest BCUT2D eigenvalue weighted by Gasteiger charge is 2.18. The molecule has 0 bridgehead atoms. The number of hydrogen-bond acceptors (Lipinski definition) is 5. The Bertz CT molecular complexity index is 1160. The number of thioether (sulfide) groups is 1. The zero-order chi connectivity index (χ0) is 27.9. The van der Waals surface area contributed by atoms with E-state index in [2.05, 4.69) is 17.4 Å². The van der Waals surface area contributed by atoms with Gasteiger partial charge in [-0.15, -0.1) is 11.8 Å². The molecular weight excluding hydrogens is 519 g/mol. The maximum Gasteiger partial charge on any atom is 0.333 e. The number of aliphatic carboxylic acids is 1. The van der Waals surface area contributed by atoms with Crippen LogP contribution in [0.2, 0.25) is 0 Å². The summed E-state index contributed by atoms with van der Waals surface area (Å²) in [6, 6.07) is 22.9. The lowest BCUT2D eigenvalue weighted by Crippen LogP contribution is -2.38. The van der Waals surface area contributed by atoms with Gasteiger partial charge in [-0.25, -0.2) is 14.0 Å². The molecule has 39 heavy (non-hydrogen) atoms. The zero-order valence-electron chi connectivity index (χ0n) is 22.1. The summed E-state index contributed by atoms with van der Waals surface area (Å²) >= 11 is 1.78. The van der Waals surface area contributed by atoms with Crippen molar-refractivity contribution in [3.05, 3.63) is 90.2 Å². The minimum Gasteiger partial charge on any atom is -0.492 e. The molecule has 3 rings (SSSR count). The average Bonchev–Trinajstić information content (AvgIpc) is 2.93. The molecule has 2 N–H and O–H groups in total. The second-order valence-electron chi connectivity index (χ2n) is 8.77. The first-order valence-corrected chi connectivity index (χ1v) is 14.0. The van der Waals surface area contributed by atoms with Crippen molar-refractivity contribution in [2.24, 2.45) is 0 Å². The highest BCUT2D eigenvalue weighted by molar-refractivity contribution is 7.99. The van der Waals surface area contributed by atoms with Crippen LogP contribution in [0.15, 0.2) is 83.8 Å². The Labute approximate surface area is 233 Å². The standard InChI is InChI=1S/C30H35FN2O5S/c1-2-37-28(29(34)35)21-23-13-15-26(16-14-23)38-19-18-33(30(36)32-25-10-8-9-24(31)22-25)17-6-7-20-39-27-11-4-3-5-12-27/h3-5,8-16,22,28H,2,6-7,17-21H2,1H3,(H,32,36)(H,34,35). The Kier molecular flexibility index (Phi) is 12.6. The fraction of sp³-hybridized carbons (Fsp3) is 0.333. The number of unbranched alkanes of at least 4 members (excludes halogenated alkanes) is 1. The topological polar surface area (TPSA) is 88.1 Å². The highest BCUT2D eigenvalue weighted by atomic mass is 32.2. The van der Waals surface area contributed by atoms with E-state index in [1.54, 1.807) is 47.9 Å². The third kappa shape index (κ3) is 11.0. The van der Waals surface area contributed by atoms with Crippen molar-refractivity contribution < 1.29 is 28.6 Å². The number of anilines is 1. The van der Waals surface area contributed by atoms with Gasteiger partial charge in [0.1, 0.15) is 18.2 Å². The first kappa shape index (κ1) is 30.0. The summed E-state index contributed by atoms with van der Waals surface area (Å²) in [7, 11) is 0. The summed E-state index contributed by atoms with van der Waals surface area (Å²) < 4.78 is 24.7. The molecule has 1 atom stereocenters. The number of urea groups is 1. The molecule has 0 spiro atoms. The Morgan fingerprint density at radius 2 is 1.77 bits per heavy atom. The molecule has 0 aliphatic heterocycles. The predicted molar refractivity (Wildman–Crippen MR) is 152 cm³/mol. The smallest absolute Gasteiger partial charge is 0.333 e. The molecule has 7 nitrogen and oxygen atoms in total. The van der Waals surface area contributed by atoms with Crippen molar-refractivity contribution in [2.75, 3.05) is 37.4 Å². The SMILES string of the molecule is CCOC(Cc1ccc(OCCN(CCCCSc2ccccc2)C(=O)Nc2cccc(F)c2)cc1)C(=O)O. The van der Waals surface area contributed by atoms with Crippen molar-refractivity contribution in [3.8, 4) is 5.75 Å². The third-order valence-electron chi connectivity index (χ3n) is 5.82. The Hall–Kier alpha value is -3.56. The molecule has 1 unspecified atom stereocenters. The van der Waals surface area contributed by atoms with E-state index in [-0.39, 0.29) is 19.1 Å². The number of nitrogens with zero attached hydrogens (tertiary/aromatic N) is 1. The Morgan fingerprint density at radius 3 is 2.46 bits per heavy atom. The van der Waals surface area contributed by atoms with Gasteiger partial charge >= 0.3 is 12.0 Å². The summed E-state index contributed by atoms with van der Waals surface area (Å²) in [5.41, 5.74) is 1.22. The van der Waals surface area contributed by atoms with E-state index < -0.39 is 17.9 Å². The number of ether oxygens (including phenoxy) is 2. The number of carboxylic acids is 1. The van der Waals surface area contributed by atoms with Crippen LogP contribution >= 0.6 is 11.8 Å². The van der Waals surface area contributed by atoms with Gasteiger partial charge in [-0.3, -0.25) is 0 Å². The van der Waals surface area contributed by atoms with Gasteiger partial charge in [0.05, 0.1) is 6.54 Å². The number of rotatable bonds is 16. The van der Waals surface area contributed by atoms with E-state index in [1.807, 2.05) is 30.3 Å². The lowest BCUT2D eigenvalue weighted by molar-refractivity contribution is -0.149. The maximum absolute atomic E-state index is 13.6. The number of halogens is 1. The van der Waals surface area contributed by atoms with Crippen molar-refractivity contribution in [2.45, 2.75) is 37.2 Å². The first-order chi connectivity index (χ1) is 18.9. The van der Waals surface area contributed by atoms with Crippen molar-refractivity contribution in [3.63, 3.8) is 0 Å². The Morgan fingerprint density at radius 1 is 1.00 bits per heavy atom. The van der Waals surface area contributed by atoms with Gasteiger partial charge in [0.25, 0.3) is 0 Å². The van der Waals surface area contributed by atoms with Crippen LogP contribution in [-0.2, 0) is 16.0 Å². The van der Waals surface area contributed by atoms with Gasteiger partial charge in [-0.1, -0.05) is 36.4 Å². The van der Waals surface area contributed by atoms with Crippen LogP contribution in [0.5, 0.6) is 5.75 Å². The van der Waals surface area contributed by atoms with Crippen molar-refractivity contribution in [1.82, 2.24) is 4.90 Å². The molecule has 3 aromatic rings. The summed E-state index contributed by atoms with van der Waals surface area (Å²) in [4.78, 5) is 27.2.